The first-order valence-corrected chi connectivity index (χ1v) is 3.85. The van der Waals surface area contributed by atoms with Crippen LogP contribution in [0.5, 0.6) is 5.88 Å². The van der Waals surface area contributed by atoms with Gasteiger partial charge in [-0.3, -0.25) is 5.10 Å². The average molecular weight is 190 g/mol. The predicted molar refractivity (Wildman–Crippen MR) is 45.6 cm³/mol. The van der Waals surface area contributed by atoms with Crippen molar-refractivity contribution in [1.29, 1.82) is 0 Å². The summed E-state index contributed by atoms with van der Waals surface area (Å²) in [6, 6.07) is 5.02. The lowest BCUT2D eigenvalue weighted by Gasteiger charge is -1.98. The number of hydrogen-bond acceptors (Lipinski definition) is 5. The fraction of sp³-hybridized carbons (Fsp3) is 0. The van der Waals surface area contributed by atoms with Crippen LogP contribution in [0.1, 0.15) is 10.6 Å². The number of rotatable bonds is 2. The fourth-order valence-corrected chi connectivity index (χ4v) is 0.855. The van der Waals surface area contributed by atoms with Gasteiger partial charge in [0.05, 0.1) is 0 Å². The van der Waals surface area contributed by atoms with Crippen molar-refractivity contribution < 1.29 is 9.53 Å². The van der Waals surface area contributed by atoms with Crippen molar-refractivity contribution in [1.82, 2.24) is 20.2 Å². The lowest BCUT2D eigenvalue weighted by Crippen LogP contribution is -2.11. The molecule has 6 heteroatoms. The van der Waals surface area contributed by atoms with Crippen molar-refractivity contribution in [3.8, 4) is 5.88 Å². The van der Waals surface area contributed by atoms with Crippen LogP contribution in [0, 0.1) is 0 Å². The average Bonchev–Trinajstić information content (AvgIpc) is 2.72. The highest BCUT2D eigenvalue weighted by Crippen LogP contribution is 2.04. The zero-order chi connectivity index (χ0) is 9.80. The molecule has 2 heterocycles. The predicted octanol–water partition coefficient (Wildman–Crippen LogP) is 0.419. The van der Waals surface area contributed by atoms with Gasteiger partial charge in [-0.25, -0.2) is 14.8 Å². The van der Waals surface area contributed by atoms with E-state index >= 15 is 0 Å². The molecule has 2 aromatic rings. The van der Waals surface area contributed by atoms with E-state index < -0.39 is 5.97 Å². The normalized spacial score (nSPS) is 9.71. The van der Waals surface area contributed by atoms with E-state index in [1.807, 2.05) is 0 Å². The number of ether oxygens (including phenoxy) is 1. The van der Waals surface area contributed by atoms with Crippen LogP contribution in [0.4, 0.5) is 0 Å². The molecule has 0 aliphatic heterocycles. The zero-order valence-corrected chi connectivity index (χ0v) is 7.04. The van der Waals surface area contributed by atoms with E-state index in [1.54, 1.807) is 18.2 Å². The Balaban J connectivity index is 2.10. The van der Waals surface area contributed by atoms with Crippen LogP contribution in [-0.4, -0.2) is 26.1 Å². The van der Waals surface area contributed by atoms with Crippen molar-refractivity contribution in [2.75, 3.05) is 0 Å². The minimum absolute atomic E-state index is 0.0515. The number of carbonyl (C=O) groups is 1. The van der Waals surface area contributed by atoms with Gasteiger partial charge in [0.2, 0.25) is 11.7 Å². The topological polar surface area (TPSA) is 80.8 Å². The molecule has 2 aromatic heterocycles. The third-order valence-electron chi connectivity index (χ3n) is 1.44. The van der Waals surface area contributed by atoms with Gasteiger partial charge in [-0.15, -0.1) is 0 Å². The summed E-state index contributed by atoms with van der Waals surface area (Å²) >= 11 is 0. The van der Waals surface area contributed by atoms with Gasteiger partial charge in [0.15, 0.2) is 0 Å². The second-order valence-corrected chi connectivity index (χ2v) is 2.39. The molecule has 1 N–H and O–H groups in total. The molecule has 0 atom stereocenters. The summed E-state index contributed by atoms with van der Waals surface area (Å²) in [6.45, 7) is 0. The first kappa shape index (κ1) is 8.36. The number of aromatic amines is 1. The van der Waals surface area contributed by atoms with E-state index in [2.05, 4.69) is 20.2 Å². The van der Waals surface area contributed by atoms with Gasteiger partial charge in [-0.1, -0.05) is 6.07 Å². The molecular formula is C8H6N4O2. The summed E-state index contributed by atoms with van der Waals surface area (Å²) in [5.74, 6) is -0.328. The van der Waals surface area contributed by atoms with Gasteiger partial charge < -0.3 is 4.74 Å². The standard InChI is InChI=1S/C8H6N4O2/c13-8(7-10-5-11-12-7)14-6-3-1-2-4-9-6/h1-5H,(H,10,11,12). The maximum absolute atomic E-state index is 11.3. The number of esters is 1. The van der Waals surface area contributed by atoms with Crippen LogP contribution >= 0.6 is 0 Å². The Morgan fingerprint density at radius 2 is 2.29 bits per heavy atom. The highest BCUT2D eigenvalue weighted by atomic mass is 16.5. The molecule has 6 nitrogen and oxygen atoms in total. The van der Waals surface area contributed by atoms with Crippen molar-refractivity contribution >= 4 is 5.97 Å². The highest BCUT2D eigenvalue weighted by molar-refractivity contribution is 5.86. The minimum atomic E-state index is -0.610. The summed E-state index contributed by atoms with van der Waals surface area (Å²) in [7, 11) is 0. The molecule has 0 fully saturated rings. The van der Waals surface area contributed by atoms with Crippen molar-refractivity contribution in [2.45, 2.75) is 0 Å². The van der Waals surface area contributed by atoms with E-state index in [-0.39, 0.29) is 11.7 Å². The van der Waals surface area contributed by atoms with Crippen molar-refractivity contribution in [3.63, 3.8) is 0 Å². The number of nitrogens with zero attached hydrogens (tertiary/aromatic N) is 3. The number of aromatic nitrogens is 4. The summed E-state index contributed by atoms with van der Waals surface area (Å²) in [5, 5.41) is 5.92. The molecule has 0 aliphatic rings. The summed E-state index contributed by atoms with van der Waals surface area (Å²) in [6.07, 6.45) is 2.76. The van der Waals surface area contributed by atoms with E-state index in [4.69, 9.17) is 4.74 Å². The number of hydrogen-bond donors (Lipinski definition) is 1. The van der Waals surface area contributed by atoms with Gasteiger partial charge in [-0.05, 0) is 6.07 Å². The first-order valence-electron chi connectivity index (χ1n) is 3.85. The number of carbonyl (C=O) groups excluding carboxylic acids is 1. The van der Waals surface area contributed by atoms with Crippen LogP contribution in [0.3, 0.4) is 0 Å². The molecule has 0 aromatic carbocycles. The second kappa shape index (κ2) is 3.65. The van der Waals surface area contributed by atoms with E-state index in [1.165, 1.54) is 12.5 Å². The van der Waals surface area contributed by atoms with E-state index in [0.717, 1.165) is 0 Å². The van der Waals surface area contributed by atoms with Crippen LogP contribution < -0.4 is 4.74 Å². The van der Waals surface area contributed by atoms with Crippen LogP contribution in [0.25, 0.3) is 0 Å². The fourth-order valence-electron chi connectivity index (χ4n) is 0.855. The third kappa shape index (κ3) is 1.74. The maximum atomic E-state index is 11.3. The maximum Gasteiger partial charge on any atom is 0.382 e. The van der Waals surface area contributed by atoms with Gasteiger partial charge >= 0.3 is 5.97 Å². The summed E-state index contributed by atoms with van der Waals surface area (Å²) < 4.78 is 4.87. The Hall–Kier alpha value is -2.24. The molecule has 0 saturated carbocycles. The molecule has 2 rings (SSSR count). The first-order chi connectivity index (χ1) is 6.86. The Morgan fingerprint density at radius 3 is 2.93 bits per heavy atom. The molecule has 0 aliphatic carbocycles. The van der Waals surface area contributed by atoms with Gasteiger partial charge in [0.1, 0.15) is 6.33 Å². The largest absolute Gasteiger partial charge is 0.402 e. The Morgan fingerprint density at radius 1 is 1.36 bits per heavy atom. The van der Waals surface area contributed by atoms with Crippen molar-refractivity contribution in [2.24, 2.45) is 0 Å². The zero-order valence-electron chi connectivity index (χ0n) is 7.04. The Kier molecular flexibility index (Phi) is 2.18. The van der Waals surface area contributed by atoms with Gasteiger partial charge in [0, 0.05) is 12.3 Å². The molecule has 14 heavy (non-hydrogen) atoms. The second-order valence-electron chi connectivity index (χ2n) is 2.39. The molecule has 70 valence electrons. The molecule has 0 spiro atoms. The lowest BCUT2D eigenvalue weighted by atomic mass is 10.5. The highest BCUT2D eigenvalue weighted by Gasteiger charge is 2.11. The summed E-state index contributed by atoms with van der Waals surface area (Å²) in [4.78, 5) is 18.7. The lowest BCUT2D eigenvalue weighted by molar-refractivity contribution is 0.0715. The van der Waals surface area contributed by atoms with Crippen molar-refractivity contribution in [3.05, 3.63) is 36.5 Å². The van der Waals surface area contributed by atoms with Crippen LogP contribution in [0.15, 0.2) is 30.7 Å². The summed E-state index contributed by atoms with van der Waals surface area (Å²) in [5.41, 5.74) is 0. The molecule has 0 amide bonds. The quantitative estimate of drug-likeness (QED) is 0.694. The monoisotopic (exact) mass is 190 g/mol. The Labute approximate surface area is 79.0 Å². The number of H-pyrrole nitrogens is 1. The van der Waals surface area contributed by atoms with E-state index in [0.29, 0.717) is 0 Å². The molecule has 0 radical (unpaired) electrons. The third-order valence-corrected chi connectivity index (χ3v) is 1.44. The molecule has 0 unspecified atom stereocenters. The molecular weight excluding hydrogens is 184 g/mol. The van der Waals surface area contributed by atoms with Gasteiger partial charge in [-0.2, -0.15) is 5.10 Å². The smallest absolute Gasteiger partial charge is 0.382 e. The Bertz CT molecular complexity index is 412. The van der Waals surface area contributed by atoms with Crippen LogP contribution in [-0.2, 0) is 0 Å². The van der Waals surface area contributed by atoms with Crippen LogP contribution in [0.2, 0.25) is 0 Å². The molecule has 0 saturated heterocycles. The molecule has 0 bridgehead atoms. The van der Waals surface area contributed by atoms with E-state index in [9.17, 15) is 4.79 Å². The SMILES string of the molecule is O=C(Oc1ccccn1)c1ncn[nH]1. The van der Waals surface area contributed by atoms with Gasteiger partial charge in [0.25, 0.3) is 0 Å². The number of pyridine rings is 1. The number of nitrogens with one attached hydrogen (secondary N) is 1. The minimum Gasteiger partial charge on any atom is -0.402 e.